The summed E-state index contributed by atoms with van der Waals surface area (Å²) in [6, 6.07) is 0. The quantitative estimate of drug-likeness (QED) is 0.574. The van der Waals surface area contributed by atoms with Gasteiger partial charge in [0.05, 0.1) is 0 Å². The molecule has 0 amide bonds. The summed E-state index contributed by atoms with van der Waals surface area (Å²) in [6.07, 6.45) is -8.52. The summed E-state index contributed by atoms with van der Waals surface area (Å²) < 4.78 is 122. The Kier molecular flexibility index (Phi) is 3.76. The number of hydrogen-bond acceptors (Lipinski definition) is 1. The van der Waals surface area contributed by atoms with E-state index in [1.807, 2.05) is 0 Å². The number of rotatable bonds is 4. The third kappa shape index (κ3) is 2.03. The largest absolute Gasteiger partial charge is 0.460 e. The van der Waals surface area contributed by atoms with Crippen LogP contribution < -0.4 is 0 Å². The molecule has 0 bridgehead atoms. The molecule has 0 aromatic heterocycles. The smallest absolute Gasteiger partial charge is 0.300 e. The molecule has 0 rings (SSSR count). The maximum absolute atomic E-state index is 12.7. The SMILES string of the molecule is CC(F)(C=O)C(F)(F)C(F)(F)C(F)(F)C(F)(F)F. The second kappa shape index (κ2) is 3.98. The minimum absolute atomic E-state index is 0.541. The Hall–Kier alpha value is -1.03. The summed E-state index contributed by atoms with van der Waals surface area (Å²) >= 11 is 0. The van der Waals surface area contributed by atoms with Crippen molar-refractivity contribution in [2.75, 3.05) is 0 Å². The zero-order valence-corrected chi connectivity index (χ0v) is 8.27. The lowest BCUT2D eigenvalue weighted by molar-refractivity contribution is -0.406. The van der Waals surface area contributed by atoms with Crippen molar-refractivity contribution in [1.29, 1.82) is 0 Å². The topological polar surface area (TPSA) is 17.1 Å². The van der Waals surface area contributed by atoms with Gasteiger partial charge in [0, 0.05) is 0 Å². The predicted octanol–water partition coefficient (Wildman–Crippen LogP) is 3.38. The molecule has 0 spiro atoms. The fourth-order valence-corrected chi connectivity index (χ4v) is 0.756. The zero-order chi connectivity index (χ0) is 15.2. The number of carbonyl (C=O) groups is 1. The van der Waals surface area contributed by atoms with Crippen LogP contribution in [0.25, 0.3) is 0 Å². The lowest BCUT2D eigenvalue weighted by Crippen LogP contribution is -2.67. The average molecular weight is 294 g/mol. The standard InChI is InChI=1S/C7H4F10O/c1-3(8,2-18)4(9,10)5(11,12)6(13,14)7(15,16)17/h2H,1H3. The highest BCUT2D eigenvalue weighted by Crippen LogP contribution is 2.56. The highest BCUT2D eigenvalue weighted by atomic mass is 19.4. The van der Waals surface area contributed by atoms with Crippen LogP contribution >= 0.6 is 0 Å². The van der Waals surface area contributed by atoms with Gasteiger partial charge in [-0.1, -0.05) is 0 Å². The fraction of sp³-hybridized carbons (Fsp3) is 0.857. The molecule has 1 atom stereocenters. The lowest BCUT2D eigenvalue weighted by atomic mass is 9.91. The first-order chi connectivity index (χ1) is 7.56. The van der Waals surface area contributed by atoms with Gasteiger partial charge in [-0.2, -0.15) is 39.5 Å². The molecule has 0 aliphatic rings. The number of halogens is 10. The molecular formula is C7H4F10O. The van der Waals surface area contributed by atoms with Crippen molar-refractivity contribution in [2.45, 2.75) is 36.5 Å². The van der Waals surface area contributed by atoms with Gasteiger partial charge in [-0.25, -0.2) is 4.39 Å². The van der Waals surface area contributed by atoms with Crippen LogP contribution in [0.5, 0.6) is 0 Å². The summed E-state index contributed by atoms with van der Waals surface area (Å²) in [5.74, 6) is -20.9. The molecule has 0 heterocycles. The van der Waals surface area contributed by atoms with E-state index >= 15 is 0 Å². The van der Waals surface area contributed by atoms with Crippen molar-refractivity contribution in [3.63, 3.8) is 0 Å². The summed E-state index contributed by atoms with van der Waals surface area (Å²) in [4.78, 5) is 9.78. The minimum atomic E-state index is -7.21. The van der Waals surface area contributed by atoms with Gasteiger partial charge >= 0.3 is 23.9 Å². The molecule has 0 saturated carbocycles. The molecule has 0 radical (unpaired) electrons. The van der Waals surface area contributed by atoms with Crippen molar-refractivity contribution < 1.29 is 48.7 Å². The molecule has 11 heteroatoms. The molecule has 0 aliphatic carbocycles. The van der Waals surface area contributed by atoms with Crippen LogP contribution in [-0.4, -0.2) is 35.9 Å². The van der Waals surface area contributed by atoms with E-state index in [1.54, 1.807) is 0 Å². The Morgan fingerprint density at radius 1 is 0.667 bits per heavy atom. The van der Waals surface area contributed by atoms with Crippen LogP contribution in [0.3, 0.4) is 0 Å². The van der Waals surface area contributed by atoms with Crippen molar-refractivity contribution in [2.24, 2.45) is 0 Å². The summed E-state index contributed by atoms with van der Waals surface area (Å²) in [5, 5.41) is 0. The third-order valence-corrected chi connectivity index (χ3v) is 1.98. The van der Waals surface area contributed by atoms with Gasteiger partial charge < -0.3 is 0 Å². The van der Waals surface area contributed by atoms with Crippen LogP contribution in [0.4, 0.5) is 43.9 Å². The van der Waals surface area contributed by atoms with Gasteiger partial charge in [-0.3, -0.25) is 4.79 Å². The maximum atomic E-state index is 12.7. The highest BCUT2D eigenvalue weighted by Gasteiger charge is 2.85. The van der Waals surface area contributed by atoms with Crippen LogP contribution in [0, 0.1) is 0 Å². The monoisotopic (exact) mass is 294 g/mol. The number of carbonyl (C=O) groups excluding carboxylic acids is 1. The second-order valence-electron chi connectivity index (χ2n) is 3.41. The number of alkyl halides is 10. The van der Waals surface area contributed by atoms with E-state index in [1.165, 1.54) is 0 Å². The highest BCUT2D eigenvalue weighted by molar-refractivity contribution is 5.64. The molecule has 1 unspecified atom stereocenters. The van der Waals surface area contributed by atoms with E-state index in [-0.39, 0.29) is 0 Å². The van der Waals surface area contributed by atoms with Gasteiger partial charge in [0.15, 0.2) is 6.29 Å². The molecule has 0 aliphatic heterocycles. The van der Waals surface area contributed by atoms with E-state index in [4.69, 9.17) is 0 Å². The van der Waals surface area contributed by atoms with Crippen LogP contribution in [0.15, 0.2) is 0 Å². The average Bonchev–Trinajstić information content (AvgIpc) is 2.15. The van der Waals surface area contributed by atoms with Crippen molar-refractivity contribution in [3.05, 3.63) is 0 Å². The first-order valence-corrected chi connectivity index (χ1v) is 3.91. The molecule has 18 heavy (non-hydrogen) atoms. The summed E-state index contributed by atoms with van der Waals surface area (Å²) in [6.45, 7) is -0.541. The molecule has 108 valence electrons. The van der Waals surface area contributed by atoms with Crippen molar-refractivity contribution in [1.82, 2.24) is 0 Å². The van der Waals surface area contributed by atoms with Crippen LogP contribution in [-0.2, 0) is 4.79 Å². The second-order valence-corrected chi connectivity index (χ2v) is 3.41. The Bertz CT molecular complexity index is 328. The summed E-state index contributed by atoms with van der Waals surface area (Å²) in [7, 11) is 0. The Balaban J connectivity index is 5.87. The normalized spacial score (nSPS) is 18.4. The Morgan fingerprint density at radius 2 is 1.00 bits per heavy atom. The Morgan fingerprint density at radius 3 is 1.22 bits per heavy atom. The van der Waals surface area contributed by atoms with Gasteiger partial charge in [-0.05, 0) is 6.92 Å². The van der Waals surface area contributed by atoms with Gasteiger partial charge in [0.1, 0.15) is 0 Å². The number of hydrogen-bond donors (Lipinski definition) is 0. The van der Waals surface area contributed by atoms with Crippen molar-refractivity contribution >= 4 is 6.29 Å². The van der Waals surface area contributed by atoms with E-state index < -0.39 is 42.8 Å². The molecule has 0 aromatic carbocycles. The van der Waals surface area contributed by atoms with Gasteiger partial charge in [0.2, 0.25) is 5.67 Å². The fourth-order valence-electron chi connectivity index (χ4n) is 0.756. The number of aldehydes is 1. The molecule has 0 N–H and O–H groups in total. The molecule has 0 aromatic rings. The van der Waals surface area contributed by atoms with Gasteiger partial charge in [-0.15, -0.1) is 0 Å². The predicted molar refractivity (Wildman–Crippen MR) is 36.5 cm³/mol. The van der Waals surface area contributed by atoms with E-state index in [0.29, 0.717) is 0 Å². The van der Waals surface area contributed by atoms with E-state index in [9.17, 15) is 48.7 Å². The van der Waals surface area contributed by atoms with Crippen LogP contribution in [0.2, 0.25) is 0 Å². The van der Waals surface area contributed by atoms with E-state index in [2.05, 4.69) is 0 Å². The molecule has 1 nitrogen and oxygen atoms in total. The minimum Gasteiger partial charge on any atom is -0.300 e. The molecule has 0 fully saturated rings. The third-order valence-electron chi connectivity index (χ3n) is 1.98. The zero-order valence-electron chi connectivity index (χ0n) is 8.27. The van der Waals surface area contributed by atoms with E-state index in [0.717, 1.165) is 0 Å². The van der Waals surface area contributed by atoms with Gasteiger partial charge in [0.25, 0.3) is 0 Å². The lowest BCUT2D eigenvalue weighted by Gasteiger charge is -2.37. The first kappa shape index (κ1) is 17.0. The maximum Gasteiger partial charge on any atom is 0.460 e. The molecular weight excluding hydrogens is 290 g/mol. The van der Waals surface area contributed by atoms with Crippen molar-refractivity contribution in [3.8, 4) is 0 Å². The first-order valence-electron chi connectivity index (χ1n) is 3.91. The summed E-state index contributed by atoms with van der Waals surface area (Å²) in [5.41, 5.74) is -4.90. The molecule has 0 saturated heterocycles. The van der Waals surface area contributed by atoms with Crippen LogP contribution in [0.1, 0.15) is 6.92 Å². The Labute approximate surface area is 92.7 Å².